The van der Waals surface area contributed by atoms with Gasteiger partial charge in [-0.15, -0.1) is 0 Å². The zero-order valence-electron chi connectivity index (χ0n) is 35.5. The number of hydrogen-bond donors (Lipinski definition) is 3. The fraction of sp³-hybridized carbons (Fsp3) is 0.511. The predicted molar refractivity (Wildman–Crippen MR) is 233 cm³/mol. The molecule has 11 heteroatoms. The molecule has 312 valence electrons. The Morgan fingerprint density at radius 3 is 2.17 bits per heavy atom. The highest BCUT2D eigenvalue weighted by Crippen LogP contribution is 2.28. The highest BCUT2D eigenvalue weighted by molar-refractivity contribution is 6.30. The van der Waals surface area contributed by atoms with E-state index < -0.39 is 23.3 Å². The van der Waals surface area contributed by atoms with Crippen molar-refractivity contribution in [3.8, 4) is 0 Å². The molecule has 3 aromatic carbocycles. The maximum Gasteiger partial charge on any atom is 0.408 e. The van der Waals surface area contributed by atoms with E-state index in [4.69, 9.17) is 16.3 Å². The summed E-state index contributed by atoms with van der Waals surface area (Å²) in [6.07, 6.45) is 3.05. The summed E-state index contributed by atoms with van der Waals surface area (Å²) in [4.78, 5) is 36.0. The minimum absolute atomic E-state index is 0.0811. The Morgan fingerprint density at radius 1 is 0.862 bits per heavy atom. The number of amides is 2. The second-order valence-corrected chi connectivity index (χ2v) is 18.7. The molecule has 1 saturated heterocycles. The number of benzene rings is 3. The van der Waals surface area contributed by atoms with Crippen LogP contribution in [0.1, 0.15) is 89.1 Å². The molecule has 3 N–H and O–H groups in total. The van der Waals surface area contributed by atoms with E-state index in [9.17, 15) is 14.7 Å². The Labute approximate surface area is 350 Å². The number of alkyl carbamates (subject to hydrolysis) is 1. The average Bonchev–Trinajstić information content (AvgIpc) is 3.64. The topological polar surface area (TPSA) is 110 Å². The van der Waals surface area contributed by atoms with Gasteiger partial charge in [0.05, 0.1) is 11.6 Å². The predicted octanol–water partition coefficient (Wildman–Crippen LogP) is 7.51. The van der Waals surface area contributed by atoms with Crippen LogP contribution in [0.15, 0.2) is 78.9 Å². The van der Waals surface area contributed by atoms with Crippen molar-refractivity contribution in [3.05, 3.63) is 112 Å². The first-order chi connectivity index (χ1) is 27.5. The van der Waals surface area contributed by atoms with E-state index >= 15 is 0 Å². The highest BCUT2D eigenvalue weighted by atomic mass is 35.5. The van der Waals surface area contributed by atoms with Crippen molar-refractivity contribution in [1.29, 1.82) is 0 Å². The molecule has 0 unspecified atom stereocenters. The number of ether oxygens (including phenoxy) is 1. The van der Waals surface area contributed by atoms with Gasteiger partial charge in [-0.1, -0.05) is 78.3 Å². The Balaban J connectivity index is 0.000000214. The van der Waals surface area contributed by atoms with E-state index in [1.54, 1.807) is 39.5 Å². The average molecular weight is 812 g/mol. The Bertz CT molecular complexity index is 2050. The highest BCUT2D eigenvalue weighted by Gasteiger charge is 2.36. The summed E-state index contributed by atoms with van der Waals surface area (Å²) in [6.45, 7) is 19.8. The standard InChI is InChI=1S/C29H37ClN4O.C18H26N2O3/c1-29(2,20-33-15-13-21-8-3-4-10-23(21)18-33)31-17-27(35)26-12-7-14-34(26)19-24-16-22-9-5-6-11-25(22)32-28(24)30;1-17(2,3)23-16(22)19-18(4,5)15(21)20-11-10-13-8-6-7-9-14(13)12-20/h3-6,8-11,16,26-27,31,35H,7,12-15,17-20H2,1-2H3;6-9H,10-12H2,1-5H3,(H,19,22)/t26-,27-;/m1./s1. The summed E-state index contributed by atoms with van der Waals surface area (Å²) in [5.41, 5.74) is 5.65. The van der Waals surface area contributed by atoms with Crippen LogP contribution in [0.4, 0.5) is 4.79 Å². The Morgan fingerprint density at radius 2 is 1.48 bits per heavy atom. The van der Waals surface area contributed by atoms with Gasteiger partial charge in [-0.2, -0.15) is 0 Å². The van der Waals surface area contributed by atoms with Gasteiger partial charge in [0, 0.05) is 68.3 Å². The van der Waals surface area contributed by atoms with E-state index in [2.05, 4.69) is 81.7 Å². The molecule has 58 heavy (non-hydrogen) atoms. The van der Waals surface area contributed by atoms with Crippen molar-refractivity contribution in [2.24, 2.45) is 0 Å². The largest absolute Gasteiger partial charge is 0.444 e. The minimum Gasteiger partial charge on any atom is -0.444 e. The number of hydrogen-bond acceptors (Lipinski definition) is 8. The first-order valence-electron chi connectivity index (χ1n) is 20.8. The molecule has 2 atom stereocenters. The zero-order chi connectivity index (χ0) is 41.7. The quantitative estimate of drug-likeness (QED) is 0.141. The van der Waals surface area contributed by atoms with E-state index in [-0.39, 0.29) is 17.5 Å². The molecule has 0 aliphatic carbocycles. The molecule has 0 bridgehead atoms. The molecule has 0 spiro atoms. The molecule has 7 rings (SSSR count). The van der Waals surface area contributed by atoms with Crippen LogP contribution in [0.5, 0.6) is 0 Å². The van der Waals surface area contributed by atoms with Crippen LogP contribution in [-0.2, 0) is 42.0 Å². The van der Waals surface area contributed by atoms with Gasteiger partial charge in [0.1, 0.15) is 16.3 Å². The van der Waals surface area contributed by atoms with Crippen LogP contribution in [0.25, 0.3) is 10.9 Å². The lowest BCUT2D eigenvalue weighted by Crippen LogP contribution is -2.57. The number of para-hydroxylation sites is 1. The Hall–Kier alpha value is -4.06. The molecular formula is C47H63ClN6O4. The van der Waals surface area contributed by atoms with Crippen molar-refractivity contribution in [2.45, 2.75) is 123 Å². The third kappa shape index (κ3) is 11.6. The second-order valence-electron chi connectivity index (χ2n) is 18.4. The fourth-order valence-corrected chi connectivity index (χ4v) is 8.65. The maximum absolute atomic E-state index is 12.8. The third-order valence-corrected chi connectivity index (χ3v) is 11.7. The number of aromatic nitrogens is 1. The first kappa shape index (κ1) is 43.5. The summed E-state index contributed by atoms with van der Waals surface area (Å²) in [7, 11) is 0. The van der Waals surface area contributed by atoms with Gasteiger partial charge in [-0.25, -0.2) is 9.78 Å². The van der Waals surface area contributed by atoms with Crippen LogP contribution in [0, 0.1) is 0 Å². The van der Waals surface area contributed by atoms with Crippen LogP contribution in [0.3, 0.4) is 0 Å². The number of likely N-dealkylation sites (tertiary alicyclic amines) is 1. The summed E-state index contributed by atoms with van der Waals surface area (Å²) in [6, 6.07) is 27.3. The van der Waals surface area contributed by atoms with Crippen molar-refractivity contribution in [1.82, 2.24) is 30.3 Å². The lowest BCUT2D eigenvalue weighted by atomic mass is 9.97. The van der Waals surface area contributed by atoms with Gasteiger partial charge in [0.2, 0.25) is 5.91 Å². The van der Waals surface area contributed by atoms with Crippen LogP contribution in [0.2, 0.25) is 5.15 Å². The second kappa shape index (κ2) is 18.5. The molecule has 3 aliphatic heterocycles. The van der Waals surface area contributed by atoms with Gasteiger partial charge >= 0.3 is 6.09 Å². The first-order valence-corrected chi connectivity index (χ1v) is 21.2. The number of pyridine rings is 1. The molecule has 3 aliphatic rings. The number of fused-ring (bicyclic) bond motifs is 3. The molecule has 4 heterocycles. The number of halogens is 1. The van der Waals surface area contributed by atoms with Crippen LogP contribution in [-0.4, -0.2) is 98.3 Å². The smallest absolute Gasteiger partial charge is 0.408 e. The number of β-amino-alcohol motifs (C(OH)–C–C–N with tert-alkyl or cyclic N) is 1. The van der Waals surface area contributed by atoms with Gasteiger partial charge in [0.25, 0.3) is 0 Å². The van der Waals surface area contributed by atoms with Gasteiger partial charge in [0.15, 0.2) is 0 Å². The van der Waals surface area contributed by atoms with Crippen molar-refractivity contribution >= 4 is 34.5 Å². The molecule has 10 nitrogen and oxygen atoms in total. The lowest BCUT2D eigenvalue weighted by molar-refractivity contribution is -0.138. The summed E-state index contributed by atoms with van der Waals surface area (Å²) in [5, 5.41) is 19.2. The number of carbonyl (C=O) groups is 2. The summed E-state index contributed by atoms with van der Waals surface area (Å²) < 4.78 is 5.25. The number of nitrogens with zero attached hydrogens (tertiary/aromatic N) is 4. The summed E-state index contributed by atoms with van der Waals surface area (Å²) in [5.74, 6) is -0.0992. The molecule has 0 radical (unpaired) electrons. The fourth-order valence-electron chi connectivity index (χ4n) is 8.45. The molecule has 1 fully saturated rings. The van der Waals surface area contributed by atoms with Crippen LogP contribution < -0.4 is 10.6 Å². The number of nitrogens with one attached hydrogen (secondary N) is 2. The van der Waals surface area contributed by atoms with Gasteiger partial charge in [-0.05, 0) is 115 Å². The maximum atomic E-state index is 12.8. The van der Waals surface area contributed by atoms with E-state index in [0.29, 0.717) is 24.8 Å². The number of rotatable bonds is 10. The van der Waals surface area contributed by atoms with Crippen LogP contribution >= 0.6 is 11.6 Å². The van der Waals surface area contributed by atoms with E-state index in [0.717, 1.165) is 74.9 Å². The summed E-state index contributed by atoms with van der Waals surface area (Å²) >= 11 is 6.54. The minimum atomic E-state index is -1.01. The molecule has 1 aromatic heterocycles. The molecule has 4 aromatic rings. The number of carbonyl (C=O) groups excluding carboxylic acids is 2. The lowest BCUT2D eigenvalue weighted by Gasteiger charge is -2.38. The van der Waals surface area contributed by atoms with Gasteiger partial charge < -0.3 is 25.4 Å². The van der Waals surface area contributed by atoms with Crippen molar-refractivity contribution < 1.29 is 19.4 Å². The third-order valence-electron chi connectivity index (χ3n) is 11.4. The van der Waals surface area contributed by atoms with Gasteiger partial charge in [-0.3, -0.25) is 14.6 Å². The Kier molecular flexibility index (Phi) is 13.9. The zero-order valence-corrected chi connectivity index (χ0v) is 36.2. The van der Waals surface area contributed by atoms with Crippen molar-refractivity contribution in [2.75, 3.05) is 32.7 Å². The SMILES string of the molecule is CC(C)(C)OC(=O)NC(C)(C)C(=O)N1CCc2ccccc2C1.CC(C)(CN1CCc2ccccc2C1)NC[C@@H](O)[C@H]1CCCN1Cc1cc2ccccc2nc1Cl. The number of aliphatic hydroxyl groups is 1. The molecule has 0 saturated carbocycles. The number of aliphatic hydroxyl groups excluding tert-OH is 1. The van der Waals surface area contributed by atoms with Crippen molar-refractivity contribution in [3.63, 3.8) is 0 Å². The van der Waals surface area contributed by atoms with E-state index in [1.807, 2.05) is 36.4 Å². The normalized spacial score (nSPS) is 18.2. The monoisotopic (exact) mass is 810 g/mol. The molecular weight excluding hydrogens is 748 g/mol. The van der Waals surface area contributed by atoms with E-state index in [1.165, 1.54) is 22.3 Å². The molecule has 2 amide bonds.